The van der Waals surface area contributed by atoms with Crippen molar-refractivity contribution >= 4 is 5.78 Å². The molecule has 0 spiro atoms. The average molecular weight is 264 g/mol. The van der Waals surface area contributed by atoms with Crippen molar-refractivity contribution in [2.75, 3.05) is 0 Å². The lowest BCUT2D eigenvalue weighted by atomic mass is 10.1. The first-order valence-corrected chi connectivity index (χ1v) is 6.21. The van der Waals surface area contributed by atoms with E-state index in [-0.39, 0.29) is 5.78 Å². The quantitative estimate of drug-likeness (QED) is 0.682. The first-order valence-electron chi connectivity index (χ1n) is 6.21. The number of hydrogen-bond acceptors (Lipinski definition) is 4. The number of rotatable bonds is 3. The smallest absolute Gasteiger partial charge is 0.205 e. The molecule has 2 aromatic carbocycles. The monoisotopic (exact) mass is 264 g/mol. The third-order valence-electron chi connectivity index (χ3n) is 2.93. The van der Waals surface area contributed by atoms with Crippen molar-refractivity contribution in [3.05, 3.63) is 60.2 Å². The Hall–Kier alpha value is -2.82. The van der Waals surface area contributed by atoms with Gasteiger partial charge in [0.15, 0.2) is 5.78 Å². The zero-order valence-electron chi connectivity index (χ0n) is 10.9. The summed E-state index contributed by atoms with van der Waals surface area (Å²) in [5.74, 6) is 0.564. The van der Waals surface area contributed by atoms with Gasteiger partial charge in [-0.1, -0.05) is 42.5 Å². The van der Waals surface area contributed by atoms with Gasteiger partial charge in [0.1, 0.15) is 0 Å². The van der Waals surface area contributed by atoms with Crippen LogP contribution in [0.1, 0.15) is 17.3 Å². The number of hydrogen-bond donors (Lipinski definition) is 0. The highest BCUT2D eigenvalue weighted by Gasteiger charge is 2.08. The molecule has 0 unspecified atom stereocenters. The number of Topliss-reactive ketones (excluding diaryl/α,β-unsaturated/α-hetero) is 1. The number of tetrazole rings is 1. The Balaban J connectivity index is 1.98. The van der Waals surface area contributed by atoms with E-state index in [2.05, 4.69) is 15.4 Å². The zero-order valence-corrected chi connectivity index (χ0v) is 10.9. The number of aromatic nitrogens is 4. The SMILES string of the molecule is CC(=O)c1cccc(-n2nnc(-c3ccccc3)n2)c1. The van der Waals surface area contributed by atoms with Crippen LogP contribution in [0.3, 0.4) is 0 Å². The van der Waals surface area contributed by atoms with E-state index in [4.69, 9.17) is 0 Å². The maximum Gasteiger partial charge on any atom is 0.205 e. The van der Waals surface area contributed by atoms with Gasteiger partial charge < -0.3 is 0 Å². The van der Waals surface area contributed by atoms with Gasteiger partial charge in [-0.2, -0.15) is 0 Å². The standard InChI is InChI=1S/C15H12N4O/c1-11(20)13-8-5-9-14(10-13)19-17-15(16-18-19)12-6-3-2-4-7-12/h2-10H,1H3. The van der Waals surface area contributed by atoms with Gasteiger partial charge in [-0.25, -0.2) is 0 Å². The van der Waals surface area contributed by atoms with Crippen molar-refractivity contribution < 1.29 is 4.79 Å². The summed E-state index contributed by atoms with van der Waals surface area (Å²) in [6.45, 7) is 1.53. The lowest BCUT2D eigenvalue weighted by Crippen LogP contribution is -2.01. The van der Waals surface area contributed by atoms with E-state index >= 15 is 0 Å². The number of benzene rings is 2. The molecule has 3 aromatic rings. The van der Waals surface area contributed by atoms with Crippen LogP contribution in [0.25, 0.3) is 17.1 Å². The van der Waals surface area contributed by atoms with Crippen LogP contribution in [0.2, 0.25) is 0 Å². The normalized spacial score (nSPS) is 10.4. The van der Waals surface area contributed by atoms with E-state index in [9.17, 15) is 4.79 Å². The zero-order chi connectivity index (χ0) is 13.9. The summed E-state index contributed by atoms with van der Waals surface area (Å²) in [6.07, 6.45) is 0. The highest BCUT2D eigenvalue weighted by molar-refractivity contribution is 5.94. The molecule has 0 aliphatic heterocycles. The third-order valence-corrected chi connectivity index (χ3v) is 2.93. The summed E-state index contributed by atoms with van der Waals surface area (Å²) in [4.78, 5) is 12.8. The molecule has 0 amide bonds. The van der Waals surface area contributed by atoms with Crippen LogP contribution < -0.4 is 0 Å². The Morgan fingerprint density at radius 3 is 2.60 bits per heavy atom. The molecule has 0 N–H and O–H groups in total. The largest absolute Gasteiger partial charge is 0.295 e. The average Bonchev–Trinajstić information content (AvgIpc) is 2.98. The van der Waals surface area contributed by atoms with Gasteiger partial charge in [-0.15, -0.1) is 15.0 Å². The molecule has 20 heavy (non-hydrogen) atoms. The fourth-order valence-corrected chi connectivity index (χ4v) is 1.88. The highest BCUT2D eigenvalue weighted by Crippen LogP contribution is 2.14. The molecule has 0 saturated heterocycles. The van der Waals surface area contributed by atoms with Crippen LogP contribution in [-0.4, -0.2) is 26.0 Å². The van der Waals surface area contributed by atoms with Crippen molar-refractivity contribution in [2.24, 2.45) is 0 Å². The molecule has 3 rings (SSSR count). The second-order valence-electron chi connectivity index (χ2n) is 4.38. The Morgan fingerprint density at radius 2 is 1.85 bits per heavy atom. The summed E-state index contributed by atoms with van der Waals surface area (Å²) in [7, 11) is 0. The van der Waals surface area contributed by atoms with Crippen LogP contribution in [0.4, 0.5) is 0 Å². The van der Waals surface area contributed by atoms with E-state index in [1.165, 1.54) is 11.7 Å². The molecule has 1 heterocycles. The van der Waals surface area contributed by atoms with Gasteiger partial charge in [0.25, 0.3) is 0 Å². The summed E-state index contributed by atoms with van der Waals surface area (Å²) in [6, 6.07) is 16.8. The van der Waals surface area contributed by atoms with Gasteiger partial charge in [-0.05, 0) is 24.3 Å². The fraction of sp³-hybridized carbons (Fsp3) is 0.0667. The fourth-order valence-electron chi connectivity index (χ4n) is 1.88. The predicted octanol–water partition coefficient (Wildman–Crippen LogP) is 2.53. The van der Waals surface area contributed by atoms with Crippen molar-refractivity contribution in [2.45, 2.75) is 6.92 Å². The molecule has 0 aliphatic carbocycles. The first-order chi connectivity index (χ1) is 9.74. The van der Waals surface area contributed by atoms with Gasteiger partial charge in [0, 0.05) is 11.1 Å². The van der Waals surface area contributed by atoms with Gasteiger partial charge in [0.05, 0.1) is 5.69 Å². The molecule has 0 radical (unpaired) electrons. The van der Waals surface area contributed by atoms with Crippen molar-refractivity contribution in [1.29, 1.82) is 0 Å². The van der Waals surface area contributed by atoms with Crippen molar-refractivity contribution in [1.82, 2.24) is 20.2 Å². The van der Waals surface area contributed by atoms with Crippen LogP contribution in [0.5, 0.6) is 0 Å². The molecular weight excluding hydrogens is 252 g/mol. The molecule has 1 aromatic heterocycles. The molecule has 0 bridgehead atoms. The second-order valence-corrected chi connectivity index (χ2v) is 4.38. The van der Waals surface area contributed by atoms with E-state index in [0.717, 1.165) is 5.56 Å². The minimum atomic E-state index is 0.00949. The number of ketones is 1. The summed E-state index contributed by atoms with van der Waals surface area (Å²) < 4.78 is 0. The predicted molar refractivity (Wildman–Crippen MR) is 74.6 cm³/mol. The maximum absolute atomic E-state index is 11.4. The molecule has 0 aliphatic rings. The van der Waals surface area contributed by atoms with Crippen molar-refractivity contribution in [3.63, 3.8) is 0 Å². The van der Waals surface area contributed by atoms with Crippen LogP contribution in [-0.2, 0) is 0 Å². The van der Waals surface area contributed by atoms with E-state index in [0.29, 0.717) is 17.1 Å². The molecule has 5 heteroatoms. The Bertz CT molecular complexity index is 749. The Morgan fingerprint density at radius 1 is 1.05 bits per heavy atom. The topological polar surface area (TPSA) is 60.7 Å². The number of nitrogens with zero attached hydrogens (tertiary/aromatic N) is 4. The molecule has 0 atom stereocenters. The van der Waals surface area contributed by atoms with Gasteiger partial charge in [-0.3, -0.25) is 4.79 Å². The first kappa shape index (κ1) is 12.2. The minimum absolute atomic E-state index is 0.00949. The molecule has 98 valence electrons. The van der Waals surface area contributed by atoms with Crippen molar-refractivity contribution in [3.8, 4) is 17.1 Å². The van der Waals surface area contributed by atoms with Crippen LogP contribution >= 0.6 is 0 Å². The molecular formula is C15H12N4O. The summed E-state index contributed by atoms with van der Waals surface area (Å²) >= 11 is 0. The Labute approximate surface area is 115 Å². The highest BCUT2D eigenvalue weighted by atomic mass is 16.1. The minimum Gasteiger partial charge on any atom is -0.295 e. The lowest BCUT2D eigenvalue weighted by molar-refractivity contribution is 0.101. The van der Waals surface area contributed by atoms with E-state index in [1.54, 1.807) is 18.2 Å². The maximum atomic E-state index is 11.4. The van der Waals surface area contributed by atoms with Crippen LogP contribution in [0, 0.1) is 0 Å². The molecule has 0 saturated carbocycles. The Kier molecular flexibility index (Phi) is 3.09. The van der Waals surface area contributed by atoms with Gasteiger partial charge >= 0.3 is 0 Å². The van der Waals surface area contributed by atoms with E-state index < -0.39 is 0 Å². The number of carbonyl (C=O) groups excluding carboxylic acids is 1. The molecule has 0 fully saturated rings. The summed E-state index contributed by atoms with van der Waals surface area (Å²) in [5, 5.41) is 12.4. The molecule has 5 nitrogen and oxygen atoms in total. The third kappa shape index (κ3) is 2.33. The number of carbonyl (C=O) groups is 1. The van der Waals surface area contributed by atoms with Gasteiger partial charge in [0.2, 0.25) is 5.82 Å². The van der Waals surface area contributed by atoms with E-state index in [1.807, 2.05) is 36.4 Å². The summed E-state index contributed by atoms with van der Waals surface area (Å²) in [5.41, 5.74) is 2.25. The lowest BCUT2D eigenvalue weighted by Gasteiger charge is -2.00. The second kappa shape index (κ2) is 5.05. The van der Waals surface area contributed by atoms with Crippen LogP contribution in [0.15, 0.2) is 54.6 Å².